The van der Waals surface area contributed by atoms with Gasteiger partial charge in [0.1, 0.15) is 17.2 Å². The standard InChI is InChI=1S/C59H86O5Si/c1-9-11-13-15-17-19-21-23-25-27-29-31-33-35-37-39-41-43-45-47-58(60)62-55-49-56(51-57(50-55)64-65(52(3)4,53(5)6)54(7)8)63-59(61)48-46-44-42-40-38-36-34-32-30-28-26-24-22-20-18-16-14-12-10-2/h11-14,17-20,23-26,29-32,35-38,41-44,49-54H,9-10,15-16,21-22,27-28,33-34,39-40,45-48H2,1-8H3/b13-11-,14-12-,19-17-,20-18-,25-23-,26-24-,31-29-,32-30-,37-35-,38-36-,43-41-,44-42-. The maximum Gasteiger partial charge on any atom is 0.311 e. The highest BCUT2D eigenvalue weighted by molar-refractivity contribution is 6.78. The Balaban J connectivity index is 2.67. The Kier molecular flexibility index (Phi) is 35.2. The Labute approximate surface area is 398 Å². The normalized spacial score (nSPS) is 13.4. The van der Waals surface area contributed by atoms with Gasteiger partial charge in [-0.05, 0) is 107 Å². The highest BCUT2D eigenvalue weighted by atomic mass is 28.4. The molecular weight excluding hydrogens is 817 g/mol. The first-order chi connectivity index (χ1) is 31.6. The van der Waals surface area contributed by atoms with Gasteiger partial charge in [0.2, 0.25) is 0 Å². The van der Waals surface area contributed by atoms with Crippen molar-refractivity contribution < 1.29 is 23.5 Å². The van der Waals surface area contributed by atoms with Gasteiger partial charge in [0.05, 0.1) is 0 Å². The first-order valence-electron chi connectivity index (χ1n) is 24.6. The Bertz CT molecular complexity index is 1660. The fourth-order valence-corrected chi connectivity index (χ4v) is 12.6. The van der Waals surface area contributed by atoms with E-state index in [9.17, 15) is 9.59 Å². The van der Waals surface area contributed by atoms with E-state index in [4.69, 9.17) is 13.9 Å². The molecule has 0 saturated heterocycles. The highest BCUT2D eigenvalue weighted by Crippen LogP contribution is 2.44. The minimum atomic E-state index is -2.34. The molecule has 1 rings (SSSR count). The first kappa shape index (κ1) is 58.1. The molecule has 0 aliphatic rings. The first-order valence-corrected chi connectivity index (χ1v) is 26.8. The fourth-order valence-electron chi connectivity index (χ4n) is 7.33. The Hall–Kier alpha value is -4.94. The lowest BCUT2D eigenvalue weighted by Crippen LogP contribution is -2.50. The molecule has 0 spiro atoms. The summed E-state index contributed by atoms with van der Waals surface area (Å²) in [6.45, 7) is 17.6. The monoisotopic (exact) mass is 903 g/mol. The molecule has 0 fully saturated rings. The third-order valence-electron chi connectivity index (χ3n) is 10.5. The van der Waals surface area contributed by atoms with Crippen LogP contribution in [0.1, 0.15) is 158 Å². The average molecular weight is 903 g/mol. The van der Waals surface area contributed by atoms with Crippen LogP contribution in [0.3, 0.4) is 0 Å². The van der Waals surface area contributed by atoms with Crippen molar-refractivity contribution in [3.63, 3.8) is 0 Å². The van der Waals surface area contributed by atoms with E-state index in [1.54, 1.807) is 18.2 Å². The summed E-state index contributed by atoms with van der Waals surface area (Å²) < 4.78 is 18.6. The molecule has 0 atom stereocenters. The molecule has 5 nitrogen and oxygen atoms in total. The van der Waals surface area contributed by atoms with E-state index in [0.29, 0.717) is 46.7 Å². The summed E-state index contributed by atoms with van der Waals surface area (Å²) in [6, 6.07) is 5.14. The molecule has 0 heterocycles. The van der Waals surface area contributed by atoms with Gasteiger partial charge >= 0.3 is 11.9 Å². The molecule has 0 unspecified atom stereocenters. The lowest BCUT2D eigenvalue weighted by atomic mass is 10.2. The number of benzene rings is 1. The Morgan fingerprint density at radius 2 is 0.615 bits per heavy atom. The van der Waals surface area contributed by atoms with Gasteiger partial charge in [0.25, 0.3) is 8.32 Å². The van der Waals surface area contributed by atoms with Crippen LogP contribution >= 0.6 is 0 Å². The molecule has 0 saturated carbocycles. The Morgan fingerprint density at radius 1 is 0.385 bits per heavy atom. The molecule has 1 aromatic rings. The average Bonchev–Trinajstić information content (AvgIpc) is 3.26. The van der Waals surface area contributed by atoms with E-state index in [0.717, 1.165) is 77.0 Å². The Morgan fingerprint density at radius 3 is 0.862 bits per heavy atom. The van der Waals surface area contributed by atoms with Crippen molar-refractivity contribution in [2.75, 3.05) is 0 Å². The fraction of sp³-hybridized carbons (Fsp3) is 0.458. The quantitative estimate of drug-likeness (QED) is 0.0294. The van der Waals surface area contributed by atoms with E-state index < -0.39 is 8.32 Å². The number of carbonyl (C=O) groups excluding carboxylic acids is 2. The zero-order valence-electron chi connectivity index (χ0n) is 41.7. The van der Waals surface area contributed by atoms with Gasteiger partial charge < -0.3 is 13.9 Å². The zero-order valence-corrected chi connectivity index (χ0v) is 42.7. The lowest BCUT2D eigenvalue weighted by molar-refractivity contribution is -0.134. The van der Waals surface area contributed by atoms with Crippen molar-refractivity contribution in [1.82, 2.24) is 0 Å². The van der Waals surface area contributed by atoms with Crippen molar-refractivity contribution in [1.29, 1.82) is 0 Å². The van der Waals surface area contributed by atoms with E-state index in [1.807, 2.05) is 12.2 Å². The van der Waals surface area contributed by atoms with Crippen LogP contribution in [0.5, 0.6) is 17.2 Å². The number of hydrogen-bond donors (Lipinski definition) is 0. The highest BCUT2D eigenvalue weighted by Gasteiger charge is 2.47. The van der Waals surface area contributed by atoms with Gasteiger partial charge in [-0.1, -0.05) is 201 Å². The number of hydrogen-bond acceptors (Lipinski definition) is 5. The molecule has 0 bridgehead atoms. The summed E-state index contributed by atoms with van der Waals surface area (Å²) in [5.41, 5.74) is 1.01. The second-order valence-electron chi connectivity index (χ2n) is 16.9. The van der Waals surface area contributed by atoms with Crippen molar-refractivity contribution >= 4 is 20.3 Å². The van der Waals surface area contributed by atoms with Crippen LogP contribution in [0, 0.1) is 0 Å². The smallest absolute Gasteiger partial charge is 0.311 e. The van der Waals surface area contributed by atoms with E-state index in [2.05, 4.69) is 189 Å². The van der Waals surface area contributed by atoms with Crippen LogP contribution < -0.4 is 13.9 Å². The van der Waals surface area contributed by atoms with Crippen LogP contribution in [0.4, 0.5) is 0 Å². The SMILES string of the molecule is CC/C=C\C/C=C\C/C=C\C/C=C\C/C=C\C/C=C\CCC(=O)Oc1cc(OC(=O)CC/C=C\C/C=C\C/C=C\C/C=C\C/C=C\C/C=C\CC)cc(O[Si](C(C)C)(C(C)C)C(C)C)c1. The number of ether oxygens (including phenoxy) is 2. The number of esters is 2. The van der Waals surface area contributed by atoms with Crippen molar-refractivity contribution in [2.24, 2.45) is 0 Å². The molecule has 0 aliphatic heterocycles. The molecule has 0 N–H and O–H groups in total. The van der Waals surface area contributed by atoms with Gasteiger partial charge in [-0.2, -0.15) is 0 Å². The van der Waals surface area contributed by atoms with Crippen molar-refractivity contribution in [3.05, 3.63) is 164 Å². The molecule has 0 amide bonds. The van der Waals surface area contributed by atoms with Gasteiger partial charge in [-0.15, -0.1) is 0 Å². The van der Waals surface area contributed by atoms with Gasteiger partial charge in [-0.3, -0.25) is 9.59 Å². The summed E-state index contributed by atoms with van der Waals surface area (Å²) >= 11 is 0. The maximum absolute atomic E-state index is 13.0. The second-order valence-corrected chi connectivity index (χ2v) is 22.3. The van der Waals surface area contributed by atoms with E-state index in [-0.39, 0.29) is 24.8 Å². The largest absolute Gasteiger partial charge is 0.543 e. The summed E-state index contributed by atoms with van der Waals surface area (Å²) in [4.78, 5) is 26.0. The molecule has 1 aromatic carbocycles. The topological polar surface area (TPSA) is 61.8 Å². The lowest BCUT2D eigenvalue weighted by Gasteiger charge is -2.42. The maximum atomic E-state index is 13.0. The van der Waals surface area contributed by atoms with Gasteiger partial charge in [0.15, 0.2) is 0 Å². The second kappa shape index (κ2) is 39.4. The third-order valence-corrected chi connectivity index (χ3v) is 16.5. The third kappa shape index (κ3) is 30.0. The molecule has 0 aliphatic carbocycles. The van der Waals surface area contributed by atoms with E-state index in [1.165, 1.54) is 0 Å². The van der Waals surface area contributed by atoms with E-state index >= 15 is 0 Å². The zero-order chi connectivity index (χ0) is 47.6. The number of allylic oxidation sites excluding steroid dienone is 24. The van der Waals surface area contributed by atoms with Crippen LogP contribution in [-0.4, -0.2) is 20.3 Å². The summed E-state index contributed by atoms with van der Waals surface area (Å²) in [5, 5.41) is 0. The minimum Gasteiger partial charge on any atom is -0.543 e. The van der Waals surface area contributed by atoms with Crippen molar-refractivity contribution in [2.45, 2.75) is 175 Å². The van der Waals surface area contributed by atoms with Crippen LogP contribution in [-0.2, 0) is 9.59 Å². The van der Waals surface area contributed by atoms with Gasteiger partial charge in [-0.25, -0.2) is 0 Å². The summed E-state index contributed by atoms with van der Waals surface area (Å²) in [7, 11) is -2.34. The molecule has 356 valence electrons. The molecular formula is C59H86O5Si. The molecule has 0 aromatic heterocycles. The summed E-state index contributed by atoms with van der Waals surface area (Å²) in [5.74, 6) is 0.492. The number of carbonyl (C=O) groups is 2. The predicted octanol–water partition coefficient (Wildman–Crippen LogP) is 18.0. The predicted molar refractivity (Wildman–Crippen MR) is 284 cm³/mol. The van der Waals surface area contributed by atoms with Gasteiger partial charge in [0, 0.05) is 31.0 Å². The summed E-state index contributed by atoms with van der Waals surface area (Å²) in [6.07, 6.45) is 65.0. The molecule has 65 heavy (non-hydrogen) atoms. The van der Waals surface area contributed by atoms with Crippen molar-refractivity contribution in [3.8, 4) is 17.2 Å². The van der Waals surface area contributed by atoms with Crippen LogP contribution in [0.25, 0.3) is 0 Å². The molecule has 6 heteroatoms. The van der Waals surface area contributed by atoms with Crippen LogP contribution in [0.2, 0.25) is 16.6 Å². The number of rotatable bonds is 35. The van der Waals surface area contributed by atoms with Crippen LogP contribution in [0.15, 0.2) is 164 Å². The minimum absolute atomic E-state index is 0.233. The molecule has 0 radical (unpaired) electrons.